The predicted molar refractivity (Wildman–Crippen MR) is 251 cm³/mol. The molecule has 0 heterocycles. The number of quaternary nitrogens is 1. The molecule has 0 aliphatic carbocycles. The summed E-state index contributed by atoms with van der Waals surface area (Å²) < 4.78 is 23.5. The number of likely N-dealkylation sites (N-methyl/N-ethyl adjacent to an activating group) is 1. The smallest absolute Gasteiger partial charge is 0.390 e. The van der Waals surface area contributed by atoms with Crippen molar-refractivity contribution in [1.29, 1.82) is 0 Å². The minimum absolute atomic E-state index is 0.0193. The lowest BCUT2D eigenvalue weighted by Crippen LogP contribution is -2.51. The fourth-order valence-corrected chi connectivity index (χ4v) is 8.29. The Morgan fingerprint density at radius 2 is 0.949 bits per heavy atom. The van der Waals surface area contributed by atoms with Gasteiger partial charge >= 0.3 is 7.82 Å². The molecule has 0 spiro atoms. The quantitative estimate of drug-likeness (QED) is 0.0208. The topological polar surface area (TPSA) is 125 Å². The first-order chi connectivity index (χ1) is 28.4. The minimum atomic E-state index is -4.42. The van der Waals surface area contributed by atoms with Crippen LogP contribution in [0.2, 0.25) is 0 Å². The van der Waals surface area contributed by atoms with Gasteiger partial charge in [0.1, 0.15) is 19.3 Å². The molecule has 0 bridgehead atoms. The van der Waals surface area contributed by atoms with Crippen LogP contribution in [0.1, 0.15) is 239 Å². The van der Waals surface area contributed by atoms with Gasteiger partial charge in [-0.05, 0) is 38.5 Å². The van der Waals surface area contributed by atoms with Crippen LogP contribution in [-0.4, -0.2) is 84.6 Å². The van der Waals surface area contributed by atoms with E-state index >= 15 is 0 Å². The summed E-state index contributed by atoms with van der Waals surface area (Å²) in [6.45, 7) is 4.60. The van der Waals surface area contributed by atoms with E-state index in [0.29, 0.717) is 30.3 Å². The number of nitrogens with one attached hydrogen (secondary N) is 1. The van der Waals surface area contributed by atoms with E-state index in [-0.39, 0.29) is 12.5 Å². The van der Waals surface area contributed by atoms with Crippen molar-refractivity contribution in [3.05, 3.63) is 12.2 Å². The molecule has 10 heteroatoms. The van der Waals surface area contributed by atoms with Gasteiger partial charge in [0.2, 0.25) is 5.91 Å². The molecular formula is C49H100N2O7P+. The SMILES string of the molecule is CCCCCCCCC/C=C/CCCC(O)C(O)C(COP(=O)(O)OCC[N+](C)(C)C)NC(=O)CCCCCCCCCCCCCCCCCCCCCCCCC. The highest BCUT2D eigenvalue weighted by atomic mass is 31.2. The zero-order chi connectivity index (χ0) is 43.7. The van der Waals surface area contributed by atoms with Crippen LogP contribution in [0.4, 0.5) is 0 Å². The summed E-state index contributed by atoms with van der Waals surface area (Å²) in [5.41, 5.74) is 0. The Morgan fingerprint density at radius 3 is 1.36 bits per heavy atom. The van der Waals surface area contributed by atoms with Gasteiger partial charge in [0.25, 0.3) is 0 Å². The Bertz CT molecular complexity index is 992. The average Bonchev–Trinajstić information content (AvgIpc) is 3.19. The molecule has 0 aromatic carbocycles. The third kappa shape index (κ3) is 42.3. The van der Waals surface area contributed by atoms with Gasteiger partial charge in [-0.3, -0.25) is 13.8 Å². The number of carbonyl (C=O) groups is 1. The van der Waals surface area contributed by atoms with E-state index in [2.05, 4.69) is 31.3 Å². The summed E-state index contributed by atoms with van der Waals surface area (Å²) in [4.78, 5) is 23.2. The highest BCUT2D eigenvalue weighted by Gasteiger charge is 2.31. The van der Waals surface area contributed by atoms with Crippen LogP contribution in [0.15, 0.2) is 12.2 Å². The maximum Gasteiger partial charge on any atom is 0.472 e. The van der Waals surface area contributed by atoms with E-state index in [0.717, 1.165) is 32.1 Å². The third-order valence-corrected chi connectivity index (χ3v) is 12.6. The van der Waals surface area contributed by atoms with Crippen molar-refractivity contribution >= 4 is 13.7 Å². The van der Waals surface area contributed by atoms with Crippen LogP contribution >= 0.6 is 7.82 Å². The van der Waals surface area contributed by atoms with Gasteiger partial charge in [0.05, 0.1) is 39.9 Å². The second-order valence-corrected chi connectivity index (χ2v) is 20.1. The van der Waals surface area contributed by atoms with E-state index < -0.39 is 32.7 Å². The molecule has 352 valence electrons. The lowest BCUT2D eigenvalue weighted by atomic mass is 10.0. The highest BCUT2D eigenvalue weighted by Crippen LogP contribution is 2.43. The van der Waals surface area contributed by atoms with E-state index in [1.807, 2.05) is 21.1 Å². The van der Waals surface area contributed by atoms with Crippen LogP contribution in [-0.2, 0) is 18.4 Å². The summed E-state index contributed by atoms with van der Waals surface area (Å²) in [6, 6.07) is -1.04. The zero-order valence-electron chi connectivity index (χ0n) is 39.6. The normalized spacial score (nSPS) is 14.8. The molecule has 59 heavy (non-hydrogen) atoms. The Morgan fingerprint density at radius 1 is 0.576 bits per heavy atom. The summed E-state index contributed by atoms with van der Waals surface area (Å²) in [5, 5.41) is 24.7. The summed E-state index contributed by atoms with van der Waals surface area (Å²) in [6.07, 6.45) is 44.3. The molecule has 0 aliphatic rings. The van der Waals surface area contributed by atoms with Crippen molar-refractivity contribution < 1.29 is 38.0 Å². The molecule has 0 radical (unpaired) electrons. The Balaban J connectivity index is 4.30. The van der Waals surface area contributed by atoms with Crippen LogP contribution in [0.25, 0.3) is 0 Å². The Kier molecular flexibility index (Phi) is 40.7. The summed E-state index contributed by atoms with van der Waals surface area (Å²) in [7, 11) is 1.43. The van der Waals surface area contributed by atoms with E-state index in [4.69, 9.17) is 9.05 Å². The number of phosphoric ester groups is 1. The van der Waals surface area contributed by atoms with Crippen molar-refractivity contribution in [3.8, 4) is 0 Å². The molecule has 4 atom stereocenters. The molecule has 4 N–H and O–H groups in total. The lowest BCUT2D eigenvalue weighted by molar-refractivity contribution is -0.870. The van der Waals surface area contributed by atoms with Crippen LogP contribution in [0.3, 0.4) is 0 Å². The maximum atomic E-state index is 12.9. The van der Waals surface area contributed by atoms with Crippen LogP contribution < -0.4 is 5.32 Å². The number of carbonyl (C=O) groups excluding carboxylic acids is 1. The fraction of sp³-hybridized carbons (Fsp3) is 0.939. The van der Waals surface area contributed by atoms with Gasteiger partial charge < -0.3 is 24.9 Å². The van der Waals surface area contributed by atoms with Crippen molar-refractivity contribution in [2.75, 3.05) is 40.9 Å². The van der Waals surface area contributed by atoms with Crippen LogP contribution in [0.5, 0.6) is 0 Å². The van der Waals surface area contributed by atoms with Gasteiger partial charge in [-0.1, -0.05) is 206 Å². The molecule has 1 amide bonds. The highest BCUT2D eigenvalue weighted by molar-refractivity contribution is 7.47. The van der Waals surface area contributed by atoms with Crippen molar-refractivity contribution in [2.24, 2.45) is 0 Å². The monoisotopic (exact) mass is 860 g/mol. The molecule has 0 aliphatic heterocycles. The first-order valence-electron chi connectivity index (χ1n) is 25.1. The fourth-order valence-electron chi connectivity index (χ4n) is 7.56. The number of nitrogens with zero attached hydrogens (tertiary/aromatic N) is 1. The number of rotatable bonds is 46. The maximum absolute atomic E-state index is 12.9. The van der Waals surface area contributed by atoms with Gasteiger partial charge in [-0.25, -0.2) is 4.57 Å². The second kappa shape index (κ2) is 41.2. The second-order valence-electron chi connectivity index (χ2n) is 18.7. The Labute approximate surface area is 365 Å². The molecule has 0 fully saturated rings. The molecular weight excluding hydrogens is 760 g/mol. The predicted octanol–water partition coefficient (Wildman–Crippen LogP) is 13.3. The standard InChI is InChI=1S/C49H99N2O7P/c1-6-8-10-12-14-16-18-20-21-22-23-24-25-26-27-28-29-30-32-34-36-38-40-42-48(53)50-46(45-58-59(55,56)57-44-43-51(3,4)5)49(54)47(52)41-39-37-35-33-31-19-17-15-13-11-9-7-2/h33,35,46-47,49,52,54H,6-32,34,36-45H2,1-5H3,(H-,50,53,55,56)/p+1/b35-33+. The van der Waals surface area contributed by atoms with Gasteiger partial charge in [0.15, 0.2) is 0 Å². The number of aliphatic hydroxyl groups is 2. The third-order valence-electron chi connectivity index (χ3n) is 11.6. The molecule has 0 saturated heterocycles. The number of allylic oxidation sites excluding steroid dienone is 2. The Hall–Kier alpha value is -0.800. The minimum Gasteiger partial charge on any atom is -0.390 e. The van der Waals surface area contributed by atoms with Gasteiger partial charge in [-0.2, -0.15) is 0 Å². The van der Waals surface area contributed by atoms with Crippen molar-refractivity contribution in [3.63, 3.8) is 0 Å². The van der Waals surface area contributed by atoms with Crippen molar-refractivity contribution in [2.45, 2.75) is 257 Å². The first kappa shape index (κ1) is 58.2. The van der Waals surface area contributed by atoms with Crippen LogP contribution in [0, 0.1) is 0 Å². The van der Waals surface area contributed by atoms with E-state index in [1.165, 1.54) is 173 Å². The number of aliphatic hydroxyl groups excluding tert-OH is 2. The van der Waals surface area contributed by atoms with E-state index in [9.17, 15) is 24.5 Å². The number of hydrogen-bond acceptors (Lipinski definition) is 6. The summed E-state index contributed by atoms with van der Waals surface area (Å²) in [5.74, 6) is -0.264. The molecule has 0 rings (SSSR count). The van der Waals surface area contributed by atoms with Gasteiger partial charge in [-0.15, -0.1) is 0 Å². The molecule has 4 unspecified atom stereocenters. The number of unbranched alkanes of at least 4 members (excludes halogenated alkanes) is 30. The lowest BCUT2D eigenvalue weighted by Gasteiger charge is -2.28. The average molecular weight is 860 g/mol. The molecule has 0 aromatic rings. The molecule has 0 saturated carbocycles. The van der Waals surface area contributed by atoms with E-state index in [1.54, 1.807) is 0 Å². The number of phosphoric acid groups is 1. The number of amides is 1. The number of hydrogen-bond donors (Lipinski definition) is 4. The van der Waals surface area contributed by atoms with Gasteiger partial charge in [0, 0.05) is 6.42 Å². The van der Waals surface area contributed by atoms with Crippen molar-refractivity contribution in [1.82, 2.24) is 5.32 Å². The zero-order valence-corrected chi connectivity index (χ0v) is 40.5. The molecule has 9 nitrogen and oxygen atoms in total. The molecule has 0 aromatic heterocycles. The summed E-state index contributed by atoms with van der Waals surface area (Å²) >= 11 is 0. The largest absolute Gasteiger partial charge is 0.472 e. The first-order valence-corrected chi connectivity index (χ1v) is 26.6.